The highest BCUT2D eigenvalue weighted by atomic mass is 16.7. The molecule has 0 spiro atoms. The van der Waals surface area contributed by atoms with Gasteiger partial charge < -0.3 is 54.7 Å². The van der Waals surface area contributed by atoms with Crippen molar-refractivity contribution in [3.63, 3.8) is 0 Å². The Morgan fingerprint density at radius 1 is 0.932 bits per heavy atom. The van der Waals surface area contributed by atoms with Crippen molar-refractivity contribution >= 4 is 34.4 Å². The fraction of sp³-hybridized carbons (Fsp3) is 0.568. The number of likely N-dealkylation sites (N-methyl/N-ethyl adjacent to an activating group) is 1. The van der Waals surface area contributed by atoms with E-state index in [1.165, 1.54) is 39.5 Å². The lowest BCUT2D eigenvalue weighted by molar-refractivity contribution is -0.112. The number of phenolic OH excluding ortho intramolecular Hbond substituents is 3. The zero-order chi connectivity index (χ0) is 43.3. The molecule has 0 aromatic heterocycles. The van der Waals surface area contributed by atoms with Gasteiger partial charge in [-0.3, -0.25) is 14.6 Å². The monoisotopic (exact) mass is 820 g/mol. The fourth-order valence-electron chi connectivity index (χ4n) is 8.70. The van der Waals surface area contributed by atoms with E-state index in [2.05, 4.69) is 22.2 Å². The van der Waals surface area contributed by atoms with Gasteiger partial charge in [0.05, 0.1) is 65.7 Å². The number of carbonyl (C=O) groups excluding carboxylic acids is 2. The molecule has 1 amide bonds. The molecule has 5 aliphatic rings. The molecule has 0 radical (unpaired) electrons. The summed E-state index contributed by atoms with van der Waals surface area (Å²) in [5, 5.41) is 67.4. The molecule has 7 rings (SSSR count). The summed E-state index contributed by atoms with van der Waals surface area (Å²) in [6, 6.07) is 0. The molecule has 1 unspecified atom stereocenters. The summed E-state index contributed by atoms with van der Waals surface area (Å²) in [6.07, 6.45) is 6.45. The van der Waals surface area contributed by atoms with Gasteiger partial charge in [-0.1, -0.05) is 52.8 Å². The summed E-state index contributed by atoms with van der Waals surface area (Å²) < 4.78 is 24.1. The smallest absolute Gasteiger partial charge is 0.312 e. The zero-order valence-corrected chi connectivity index (χ0v) is 35.6. The SMILES string of the molecule is CO[C@H]1/C=C/O[C@@]2(C)Oc3c(C)c(O)c4c(O)c(c(/C=N/N5CCN(C)CC5)c(O)c4c3C2=O)NC(=O)/C(C)=C\C=C\C2(C)CO[C@H]([C@@H](C)[C@@H](O)[C@@H](C)[C@H](O)[C@@H]1C)[C@H]2C. The van der Waals surface area contributed by atoms with Gasteiger partial charge >= 0.3 is 5.79 Å². The highest BCUT2D eigenvalue weighted by Crippen LogP contribution is 2.55. The summed E-state index contributed by atoms with van der Waals surface area (Å²) in [5.41, 5.74) is -0.586. The lowest BCUT2D eigenvalue weighted by Crippen LogP contribution is -2.45. The van der Waals surface area contributed by atoms with Gasteiger partial charge in [-0.2, -0.15) is 5.10 Å². The number of hydrazone groups is 1. The molecule has 5 aliphatic heterocycles. The molecule has 0 aliphatic carbocycles. The Bertz CT molecular complexity index is 2090. The summed E-state index contributed by atoms with van der Waals surface area (Å²) >= 11 is 0. The summed E-state index contributed by atoms with van der Waals surface area (Å²) in [5.74, 6) is -6.53. The number of methoxy groups -OCH3 is 1. The number of nitrogens with zero attached hydrogens (tertiary/aromatic N) is 3. The summed E-state index contributed by atoms with van der Waals surface area (Å²) in [6.45, 7) is 17.1. The molecule has 15 nitrogen and oxygen atoms in total. The van der Waals surface area contributed by atoms with Crippen LogP contribution in [0.15, 0.2) is 41.2 Å². The molecule has 59 heavy (non-hydrogen) atoms. The minimum Gasteiger partial charge on any atom is -0.507 e. The molecule has 2 fully saturated rings. The van der Waals surface area contributed by atoms with Crippen LogP contribution >= 0.6 is 0 Å². The maximum atomic E-state index is 14.4. The molecule has 2 aromatic rings. The number of hydrogen-bond donors (Lipinski definition) is 6. The maximum absolute atomic E-state index is 14.4. The molecule has 5 heterocycles. The second kappa shape index (κ2) is 16.8. The van der Waals surface area contributed by atoms with Gasteiger partial charge in [0.1, 0.15) is 17.2 Å². The lowest BCUT2D eigenvalue weighted by atomic mass is 9.72. The Hall–Kier alpha value is -4.67. The first-order chi connectivity index (χ1) is 27.8. The van der Waals surface area contributed by atoms with Crippen LogP contribution in [0.25, 0.3) is 10.8 Å². The number of ketones is 1. The number of allylic oxidation sites excluding steroid dienone is 2. The van der Waals surface area contributed by atoms with Crippen LogP contribution in [0, 0.1) is 36.0 Å². The number of carbonyl (C=O) groups is 2. The first-order valence-electron chi connectivity index (χ1n) is 20.3. The van der Waals surface area contributed by atoms with Crippen LogP contribution in [0.4, 0.5) is 5.69 Å². The van der Waals surface area contributed by atoms with Gasteiger partial charge in [0.25, 0.3) is 11.7 Å². The Balaban J connectivity index is 1.51. The van der Waals surface area contributed by atoms with Gasteiger partial charge in [-0.05, 0) is 32.9 Å². The van der Waals surface area contributed by atoms with Crippen molar-refractivity contribution in [3.05, 3.63) is 52.8 Å². The normalized spacial score (nSPS) is 35.7. The number of piperazine rings is 1. The van der Waals surface area contributed by atoms with Crippen molar-refractivity contribution in [1.82, 2.24) is 9.91 Å². The molecule has 6 N–H and O–H groups in total. The first kappa shape index (κ1) is 43.9. The minimum absolute atomic E-state index is 0.0482. The number of phenols is 3. The van der Waals surface area contributed by atoms with Crippen LogP contribution < -0.4 is 10.1 Å². The zero-order valence-electron chi connectivity index (χ0n) is 35.6. The van der Waals surface area contributed by atoms with Crippen LogP contribution in [0.3, 0.4) is 0 Å². The van der Waals surface area contributed by atoms with E-state index in [9.17, 15) is 35.1 Å². The van der Waals surface area contributed by atoms with Gasteiger partial charge in [-0.25, -0.2) is 0 Å². The average Bonchev–Trinajstić information content (AvgIpc) is 3.65. The number of fused-ring (bicyclic) bond motifs is 11. The van der Waals surface area contributed by atoms with Crippen molar-refractivity contribution < 1.29 is 54.1 Å². The number of hydrogen-bond acceptors (Lipinski definition) is 14. The van der Waals surface area contributed by atoms with E-state index in [0.717, 1.165) is 13.1 Å². The number of nitrogens with one attached hydrogen (secondary N) is 1. The van der Waals surface area contributed by atoms with E-state index in [4.69, 9.17) is 18.9 Å². The van der Waals surface area contributed by atoms with E-state index in [1.54, 1.807) is 37.9 Å². The van der Waals surface area contributed by atoms with Gasteiger partial charge in [0.2, 0.25) is 0 Å². The van der Waals surface area contributed by atoms with E-state index < -0.39 is 70.3 Å². The number of amides is 1. The number of ether oxygens (including phenoxy) is 4. The van der Waals surface area contributed by atoms with E-state index in [1.807, 2.05) is 27.0 Å². The van der Waals surface area contributed by atoms with Crippen molar-refractivity contribution in [1.29, 1.82) is 0 Å². The lowest BCUT2D eigenvalue weighted by Gasteiger charge is -2.37. The molecule has 0 saturated carbocycles. The Labute approximate surface area is 345 Å². The molecular weight excluding hydrogens is 761 g/mol. The van der Waals surface area contributed by atoms with E-state index in [-0.39, 0.29) is 62.4 Å². The number of aliphatic hydroxyl groups is 2. The van der Waals surface area contributed by atoms with Crippen molar-refractivity contribution in [2.75, 3.05) is 52.3 Å². The predicted octanol–water partition coefficient (Wildman–Crippen LogP) is 4.81. The number of rotatable bonds is 3. The fourth-order valence-corrected chi connectivity index (χ4v) is 8.70. The largest absolute Gasteiger partial charge is 0.507 e. The Kier molecular flexibility index (Phi) is 12.5. The van der Waals surface area contributed by atoms with Gasteiger partial charge in [0, 0.05) is 79.9 Å². The van der Waals surface area contributed by atoms with Crippen molar-refractivity contribution in [3.8, 4) is 23.0 Å². The molecular formula is C44H60N4O11. The van der Waals surface area contributed by atoms with Crippen molar-refractivity contribution in [2.45, 2.75) is 85.6 Å². The second-order valence-electron chi connectivity index (χ2n) is 17.2. The summed E-state index contributed by atoms with van der Waals surface area (Å²) in [7, 11) is 3.47. The molecule has 15 heteroatoms. The molecule has 322 valence electrons. The van der Waals surface area contributed by atoms with Gasteiger partial charge in [0.15, 0.2) is 5.75 Å². The molecule has 2 saturated heterocycles. The number of benzene rings is 2. The quantitative estimate of drug-likeness (QED) is 0.140. The molecule has 7 bridgehead atoms. The minimum atomic E-state index is -2.00. The Morgan fingerprint density at radius 3 is 2.25 bits per heavy atom. The third kappa shape index (κ3) is 7.90. The summed E-state index contributed by atoms with van der Waals surface area (Å²) in [4.78, 5) is 30.4. The molecule has 10 atom stereocenters. The van der Waals surface area contributed by atoms with Crippen LogP contribution in [-0.4, -0.2) is 130 Å². The van der Waals surface area contributed by atoms with Crippen LogP contribution in [-0.2, 0) is 19.0 Å². The van der Waals surface area contributed by atoms with Crippen LogP contribution in [0.5, 0.6) is 23.0 Å². The number of aromatic hydroxyl groups is 3. The van der Waals surface area contributed by atoms with E-state index >= 15 is 0 Å². The topological polar surface area (TPSA) is 203 Å². The van der Waals surface area contributed by atoms with Gasteiger partial charge in [-0.15, -0.1) is 0 Å². The Morgan fingerprint density at radius 2 is 1.59 bits per heavy atom. The average molecular weight is 821 g/mol. The second-order valence-corrected chi connectivity index (χ2v) is 17.2. The third-order valence-corrected chi connectivity index (χ3v) is 13.2. The molecule has 2 aromatic carbocycles. The van der Waals surface area contributed by atoms with E-state index in [0.29, 0.717) is 19.7 Å². The van der Waals surface area contributed by atoms with Crippen LogP contribution in [0.1, 0.15) is 70.0 Å². The number of aliphatic hydroxyl groups excluding tert-OH is 2. The number of Topliss-reactive ketones (excluding diaryl/α,β-unsaturated/α-hetero) is 1. The maximum Gasteiger partial charge on any atom is 0.312 e. The number of anilines is 1. The standard InChI is InChI=1S/C44H60N4O11/c1-22-12-11-14-43(7)21-57-39(27(43)6)25(4)35(50)24(3)34(49)23(2)29(56-10)13-19-58-44(8)41(54)32-30-31(36(51)26(5)40(32)59-44)38(53)33(46-42(22)55)28(37(30)52)20-45-48-17-15-47(9)16-18-48/h11-14,19-20,23-25,27,29,34-35,39,49-53H,15-18,21H2,1-10H3,(H,46,55)/b14-11+,19-13+,22-12-,45-20+/t23-,24+,25+,27-,29+,34-,35+,39-,43?,44+/m1/s1. The first-order valence-corrected chi connectivity index (χ1v) is 20.3. The highest BCUT2D eigenvalue weighted by Gasteiger charge is 2.50. The third-order valence-electron chi connectivity index (χ3n) is 13.2. The highest BCUT2D eigenvalue weighted by molar-refractivity contribution is 6.23. The predicted molar refractivity (Wildman–Crippen MR) is 223 cm³/mol. The van der Waals surface area contributed by atoms with Crippen molar-refractivity contribution in [2.24, 2.45) is 34.2 Å². The van der Waals surface area contributed by atoms with Crippen LogP contribution in [0.2, 0.25) is 0 Å².